The molecule has 0 saturated heterocycles. The second-order valence-corrected chi connectivity index (χ2v) is 7.36. The molecule has 0 unspecified atom stereocenters. The number of hydrogen-bond donors (Lipinski definition) is 0. The highest BCUT2D eigenvalue weighted by molar-refractivity contribution is 9.11. The molecule has 0 nitrogen and oxygen atoms in total. The van der Waals surface area contributed by atoms with E-state index < -0.39 is 0 Å². The van der Waals surface area contributed by atoms with E-state index in [9.17, 15) is 0 Å². The monoisotopic (exact) mass is 408 g/mol. The van der Waals surface area contributed by atoms with Crippen molar-refractivity contribution in [2.24, 2.45) is 0 Å². The van der Waals surface area contributed by atoms with E-state index in [4.69, 9.17) is 0 Å². The van der Waals surface area contributed by atoms with Crippen molar-refractivity contribution in [2.45, 2.75) is 0 Å². The molecule has 0 aliphatic carbocycles. The molecule has 0 spiro atoms. The Kier molecular flexibility index (Phi) is 2.59. The third-order valence-corrected chi connectivity index (χ3v) is 5.87. The van der Waals surface area contributed by atoms with Crippen LogP contribution in [-0.4, -0.2) is 0 Å². The van der Waals surface area contributed by atoms with Gasteiger partial charge in [0.15, 0.2) is 0 Å². The average Bonchev–Trinajstić information content (AvgIpc) is 2.54. The van der Waals surface area contributed by atoms with E-state index in [0.717, 1.165) is 8.95 Å². The van der Waals surface area contributed by atoms with Gasteiger partial charge in [0.1, 0.15) is 0 Å². The van der Waals surface area contributed by atoms with E-state index in [1.54, 1.807) is 0 Å². The van der Waals surface area contributed by atoms with Crippen LogP contribution in [0.3, 0.4) is 0 Å². The number of halogens is 2. The SMILES string of the molecule is Brc1ccc2c3cccc4cccc(c5ccc(Br)c1c25)c43. The van der Waals surface area contributed by atoms with Crippen LogP contribution in [0.1, 0.15) is 0 Å². The summed E-state index contributed by atoms with van der Waals surface area (Å²) in [5, 5.41) is 10.5. The summed E-state index contributed by atoms with van der Waals surface area (Å²) in [6, 6.07) is 21.9. The van der Waals surface area contributed by atoms with Crippen molar-refractivity contribution in [1.29, 1.82) is 0 Å². The Morgan fingerprint density at radius 2 is 0.955 bits per heavy atom. The van der Waals surface area contributed by atoms with Crippen LogP contribution in [0.2, 0.25) is 0 Å². The lowest BCUT2D eigenvalue weighted by Gasteiger charge is -2.15. The summed E-state index contributed by atoms with van der Waals surface area (Å²) in [5.74, 6) is 0. The smallest absolute Gasteiger partial charge is 0.0265 e. The maximum absolute atomic E-state index is 3.72. The van der Waals surface area contributed by atoms with Gasteiger partial charge in [0.25, 0.3) is 0 Å². The topological polar surface area (TPSA) is 0 Å². The third-order valence-electron chi connectivity index (χ3n) is 4.54. The predicted octanol–water partition coefficient (Wildman–Crippen LogP) is 7.26. The molecule has 22 heavy (non-hydrogen) atoms. The van der Waals surface area contributed by atoms with E-state index in [0.29, 0.717) is 0 Å². The zero-order valence-electron chi connectivity index (χ0n) is 11.5. The Bertz CT molecular complexity index is 1100. The standard InChI is InChI=1S/C20H10Br2/c21-16-9-7-14-12-5-1-3-11-4-2-6-13(18(11)12)15-8-10-17(22)20(16)19(14)15/h1-10H. The van der Waals surface area contributed by atoms with E-state index in [1.165, 1.54) is 43.1 Å². The molecule has 104 valence electrons. The highest BCUT2D eigenvalue weighted by Crippen LogP contribution is 2.44. The number of benzene rings is 5. The molecule has 0 aliphatic heterocycles. The highest BCUT2D eigenvalue weighted by Gasteiger charge is 2.15. The number of fused-ring (bicyclic) bond motifs is 2. The predicted molar refractivity (Wildman–Crippen MR) is 103 cm³/mol. The summed E-state index contributed by atoms with van der Waals surface area (Å²) in [5.41, 5.74) is 0. The van der Waals surface area contributed by atoms with Crippen LogP contribution in [0.15, 0.2) is 69.6 Å². The Morgan fingerprint density at radius 1 is 0.455 bits per heavy atom. The first-order valence-corrected chi connectivity index (χ1v) is 8.77. The van der Waals surface area contributed by atoms with Gasteiger partial charge in [-0.1, -0.05) is 80.4 Å². The lowest BCUT2D eigenvalue weighted by atomic mass is 9.90. The van der Waals surface area contributed by atoms with Crippen molar-refractivity contribution >= 4 is 74.9 Å². The van der Waals surface area contributed by atoms with Gasteiger partial charge in [-0.2, -0.15) is 0 Å². The van der Waals surface area contributed by atoms with Crippen molar-refractivity contribution in [3.05, 3.63) is 69.6 Å². The molecule has 0 atom stereocenters. The van der Waals surface area contributed by atoms with Crippen LogP contribution < -0.4 is 0 Å². The van der Waals surface area contributed by atoms with E-state index in [-0.39, 0.29) is 0 Å². The minimum absolute atomic E-state index is 1.13. The molecule has 0 radical (unpaired) electrons. The summed E-state index contributed by atoms with van der Waals surface area (Å²) >= 11 is 7.43. The van der Waals surface area contributed by atoms with Crippen molar-refractivity contribution in [3.8, 4) is 0 Å². The molecular weight excluding hydrogens is 400 g/mol. The molecule has 0 heterocycles. The van der Waals surface area contributed by atoms with Crippen molar-refractivity contribution in [2.75, 3.05) is 0 Å². The van der Waals surface area contributed by atoms with Gasteiger partial charge in [0, 0.05) is 14.3 Å². The van der Waals surface area contributed by atoms with Crippen LogP contribution in [0, 0.1) is 0 Å². The fourth-order valence-electron chi connectivity index (χ4n) is 3.65. The minimum Gasteiger partial charge on any atom is -0.0610 e. The molecule has 0 N–H and O–H groups in total. The summed E-state index contributed by atoms with van der Waals surface area (Å²) in [6.45, 7) is 0. The van der Waals surface area contributed by atoms with E-state index >= 15 is 0 Å². The maximum atomic E-state index is 3.72. The molecule has 0 amide bonds. The van der Waals surface area contributed by atoms with Gasteiger partial charge in [-0.3, -0.25) is 0 Å². The maximum Gasteiger partial charge on any atom is 0.0265 e. The lowest BCUT2D eigenvalue weighted by molar-refractivity contribution is 1.72. The van der Waals surface area contributed by atoms with Gasteiger partial charge >= 0.3 is 0 Å². The van der Waals surface area contributed by atoms with Gasteiger partial charge in [0.05, 0.1) is 0 Å². The van der Waals surface area contributed by atoms with Crippen LogP contribution in [0.4, 0.5) is 0 Å². The van der Waals surface area contributed by atoms with Crippen LogP contribution in [-0.2, 0) is 0 Å². The Labute approximate surface area is 144 Å². The Balaban J connectivity index is 2.29. The molecule has 0 saturated carbocycles. The molecular formula is C20H10Br2. The minimum atomic E-state index is 1.13. The van der Waals surface area contributed by atoms with Crippen LogP contribution in [0.25, 0.3) is 43.1 Å². The number of hydrogen-bond acceptors (Lipinski definition) is 0. The number of rotatable bonds is 0. The summed E-state index contributed by atoms with van der Waals surface area (Å²) in [7, 11) is 0. The van der Waals surface area contributed by atoms with Gasteiger partial charge in [0.2, 0.25) is 0 Å². The second-order valence-electron chi connectivity index (χ2n) is 5.65. The first-order chi connectivity index (χ1) is 10.8. The molecule has 5 aromatic carbocycles. The highest BCUT2D eigenvalue weighted by atomic mass is 79.9. The first-order valence-electron chi connectivity index (χ1n) is 7.19. The molecule has 5 aromatic rings. The average molecular weight is 410 g/mol. The molecule has 2 heteroatoms. The second kappa shape index (κ2) is 4.43. The summed E-state index contributed by atoms with van der Waals surface area (Å²) < 4.78 is 2.26. The summed E-state index contributed by atoms with van der Waals surface area (Å²) in [6.07, 6.45) is 0. The Morgan fingerprint density at radius 3 is 1.50 bits per heavy atom. The zero-order valence-corrected chi connectivity index (χ0v) is 14.7. The van der Waals surface area contributed by atoms with Gasteiger partial charge in [-0.25, -0.2) is 0 Å². The molecule has 0 aromatic heterocycles. The third kappa shape index (κ3) is 1.52. The zero-order chi connectivity index (χ0) is 14.8. The van der Waals surface area contributed by atoms with Gasteiger partial charge in [-0.15, -0.1) is 0 Å². The van der Waals surface area contributed by atoms with E-state index in [2.05, 4.69) is 92.5 Å². The van der Waals surface area contributed by atoms with Crippen LogP contribution in [0.5, 0.6) is 0 Å². The molecule has 0 fully saturated rings. The largest absolute Gasteiger partial charge is 0.0610 e. The fraction of sp³-hybridized carbons (Fsp3) is 0. The molecule has 0 aliphatic rings. The quantitative estimate of drug-likeness (QED) is 0.186. The normalized spacial score (nSPS) is 12.1. The first kappa shape index (κ1) is 12.9. The van der Waals surface area contributed by atoms with E-state index in [1.807, 2.05) is 0 Å². The molecule has 5 rings (SSSR count). The van der Waals surface area contributed by atoms with Crippen molar-refractivity contribution in [1.82, 2.24) is 0 Å². The van der Waals surface area contributed by atoms with Gasteiger partial charge < -0.3 is 0 Å². The summed E-state index contributed by atoms with van der Waals surface area (Å²) in [4.78, 5) is 0. The van der Waals surface area contributed by atoms with Crippen LogP contribution >= 0.6 is 31.9 Å². The fourth-order valence-corrected chi connectivity index (χ4v) is 5.01. The Hall–Kier alpha value is -1.64. The van der Waals surface area contributed by atoms with Crippen molar-refractivity contribution in [3.63, 3.8) is 0 Å². The van der Waals surface area contributed by atoms with Gasteiger partial charge in [-0.05, 0) is 49.8 Å². The van der Waals surface area contributed by atoms with Crippen molar-refractivity contribution < 1.29 is 0 Å². The lowest BCUT2D eigenvalue weighted by Crippen LogP contribution is -1.87. The molecule has 0 bridgehead atoms.